The Morgan fingerprint density at radius 1 is 1.00 bits per heavy atom. The minimum atomic E-state index is -0.0814. The molecule has 3 aromatic heterocycles. The Balaban J connectivity index is 1.53. The molecule has 0 atom stereocenters. The molecule has 40 heavy (non-hydrogen) atoms. The van der Waals surface area contributed by atoms with E-state index in [1.54, 1.807) is 24.7 Å². The summed E-state index contributed by atoms with van der Waals surface area (Å²) in [6.45, 7) is 8.67. The van der Waals surface area contributed by atoms with Gasteiger partial charge >= 0.3 is 5.69 Å². The van der Waals surface area contributed by atoms with E-state index in [0.717, 1.165) is 70.7 Å². The molecule has 9 nitrogen and oxygen atoms in total. The minimum absolute atomic E-state index is 0.0447. The average molecular weight is 534 g/mol. The van der Waals surface area contributed by atoms with Gasteiger partial charge in [-0.15, -0.1) is 0 Å². The summed E-state index contributed by atoms with van der Waals surface area (Å²) in [5, 5.41) is 10.3. The number of nitrogens with one attached hydrogen (secondary N) is 1. The molecule has 2 aromatic carbocycles. The van der Waals surface area contributed by atoms with Crippen LogP contribution in [0.25, 0.3) is 44.5 Å². The number of carbonyl (C=O) groups excluding carboxylic acids is 1. The van der Waals surface area contributed by atoms with E-state index in [-0.39, 0.29) is 17.6 Å². The molecule has 0 aliphatic carbocycles. The number of amides is 1. The number of fused-ring (bicyclic) bond motifs is 3. The third-order valence-electron chi connectivity index (χ3n) is 7.94. The SMILES string of the molecule is CC(=O)N1CCN(c2ccc(-c3[nH]c4ncc5c(c4c3-c3ccc(C#N)cc3)n(C(C)C)c(=O)n5C)cc2)CC1. The second-order valence-electron chi connectivity index (χ2n) is 10.6. The van der Waals surface area contributed by atoms with E-state index >= 15 is 0 Å². The fraction of sp³-hybridized carbons (Fsp3) is 0.290. The van der Waals surface area contributed by atoms with E-state index < -0.39 is 0 Å². The van der Waals surface area contributed by atoms with E-state index in [4.69, 9.17) is 4.98 Å². The number of aromatic nitrogens is 4. The largest absolute Gasteiger partial charge is 0.368 e. The number of nitrogens with zero attached hydrogens (tertiary/aromatic N) is 6. The highest BCUT2D eigenvalue weighted by molar-refractivity contribution is 6.14. The van der Waals surface area contributed by atoms with Crippen LogP contribution in [0.15, 0.2) is 59.5 Å². The van der Waals surface area contributed by atoms with Gasteiger partial charge in [-0.2, -0.15) is 5.26 Å². The standard InChI is InChI=1S/C31H31N7O2/c1-19(2)38-29-25(35(4)31(38)40)18-33-30-27(29)26(22-7-5-21(17-32)6-8-22)28(34-30)23-9-11-24(12-10-23)37-15-13-36(14-16-37)20(3)39/h5-12,18-19H,13-16H2,1-4H3,(H,33,34). The number of hydrogen-bond donors (Lipinski definition) is 1. The molecule has 1 aliphatic rings. The van der Waals surface area contributed by atoms with Gasteiger partial charge in [0.15, 0.2) is 0 Å². The molecule has 9 heteroatoms. The normalized spacial score (nSPS) is 13.9. The molecule has 4 heterocycles. The Morgan fingerprint density at radius 2 is 1.65 bits per heavy atom. The highest BCUT2D eigenvalue weighted by Gasteiger charge is 2.24. The monoisotopic (exact) mass is 533 g/mol. The third kappa shape index (κ3) is 4.04. The quantitative estimate of drug-likeness (QED) is 0.362. The van der Waals surface area contributed by atoms with E-state index in [0.29, 0.717) is 11.2 Å². The van der Waals surface area contributed by atoms with Crippen LogP contribution in [0.4, 0.5) is 5.69 Å². The number of piperazine rings is 1. The van der Waals surface area contributed by atoms with Crippen molar-refractivity contribution in [2.45, 2.75) is 26.8 Å². The lowest BCUT2D eigenvalue weighted by molar-refractivity contribution is -0.129. The summed E-state index contributed by atoms with van der Waals surface area (Å²) < 4.78 is 3.48. The van der Waals surface area contributed by atoms with Gasteiger partial charge in [0.25, 0.3) is 0 Å². The van der Waals surface area contributed by atoms with Crippen molar-refractivity contribution in [2.24, 2.45) is 7.05 Å². The molecular weight excluding hydrogens is 502 g/mol. The van der Waals surface area contributed by atoms with Crippen LogP contribution in [0.2, 0.25) is 0 Å². The van der Waals surface area contributed by atoms with Gasteiger partial charge in [-0.25, -0.2) is 9.78 Å². The Hall–Kier alpha value is -4.84. The van der Waals surface area contributed by atoms with Crippen molar-refractivity contribution in [1.29, 1.82) is 5.26 Å². The summed E-state index contributed by atoms with van der Waals surface area (Å²) in [6.07, 6.45) is 1.75. The highest BCUT2D eigenvalue weighted by atomic mass is 16.2. The maximum absolute atomic E-state index is 13.3. The highest BCUT2D eigenvalue weighted by Crippen LogP contribution is 2.41. The topological polar surface area (TPSA) is 103 Å². The van der Waals surface area contributed by atoms with Crippen LogP contribution in [-0.4, -0.2) is 56.1 Å². The maximum atomic E-state index is 13.3. The summed E-state index contributed by atoms with van der Waals surface area (Å²) >= 11 is 0. The number of carbonyl (C=O) groups is 1. The molecule has 1 amide bonds. The van der Waals surface area contributed by atoms with E-state index in [1.807, 2.05) is 47.6 Å². The van der Waals surface area contributed by atoms with Gasteiger partial charge < -0.3 is 14.8 Å². The lowest BCUT2D eigenvalue weighted by Crippen LogP contribution is -2.48. The van der Waals surface area contributed by atoms with Crippen molar-refractivity contribution in [3.8, 4) is 28.5 Å². The molecular formula is C31H31N7O2. The van der Waals surface area contributed by atoms with Crippen molar-refractivity contribution >= 4 is 33.7 Å². The molecule has 1 aliphatic heterocycles. The minimum Gasteiger partial charge on any atom is -0.368 e. The van der Waals surface area contributed by atoms with Crippen molar-refractivity contribution in [3.05, 3.63) is 70.8 Å². The smallest absolute Gasteiger partial charge is 0.329 e. The second kappa shape index (κ2) is 9.72. The van der Waals surface area contributed by atoms with Crippen LogP contribution in [0.3, 0.4) is 0 Å². The van der Waals surface area contributed by atoms with Crippen molar-refractivity contribution in [2.75, 3.05) is 31.1 Å². The molecule has 0 bridgehead atoms. The number of pyridine rings is 1. The van der Waals surface area contributed by atoms with Crippen LogP contribution in [0.5, 0.6) is 0 Å². The molecule has 0 radical (unpaired) electrons. The summed E-state index contributed by atoms with van der Waals surface area (Å²) in [5.74, 6) is 0.119. The number of H-pyrrole nitrogens is 1. The molecule has 6 rings (SSSR count). The van der Waals surface area contributed by atoms with Gasteiger partial charge in [-0.1, -0.05) is 24.3 Å². The molecule has 0 unspecified atom stereocenters. The lowest BCUT2D eigenvalue weighted by atomic mass is 9.97. The summed E-state index contributed by atoms with van der Waals surface area (Å²) in [6, 6.07) is 18.1. The summed E-state index contributed by atoms with van der Waals surface area (Å²) in [4.78, 5) is 37.5. The van der Waals surface area contributed by atoms with Crippen molar-refractivity contribution in [1.82, 2.24) is 24.0 Å². The number of rotatable bonds is 4. The molecule has 0 spiro atoms. The van der Waals surface area contributed by atoms with Crippen LogP contribution in [-0.2, 0) is 11.8 Å². The zero-order chi connectivity index (χ0) is 28.1. The Bertz CT molecular complexity index is 1840. The molecule has 0 saturated carbocycles. The molecule has 1 N–H and O–H groups in total. The van der Waals surface area contributed by atoms with Crippen LogP contribution in [0.1, 0.15) is 32.4 Å². The van der Waals surface area contributed by atoms with E-state index in [9.17, 15) is 14.9 Å². The Labute approximate surface area is 231 Å². The Kier molecular flexibility index (Phi) is 6.18. The zero-order valence-electron chi connectivity index (χ0n) is 23.1. The number of hydrogen-bond acceptors (Lipinski definition) is 5. The summed E-state index contributed by atoms with van der Waals surface area (Å²) in [7, 11) is 1.78. The number of nitriles is 1. The fourth-order valence-corrected chi connectivity index (χ4v) is 5.79. The average Bonchev–Trinajstić information content (AvgIpc) is 3.48. The molecule has 202 valence electrons. The number of anilines is 1. The first-order valence-electron chi connectivity index (χ1n) is 13.5. The molecule has 5 aromatic rings. The van der Waals surface area contributed by atoms with Gasteiger partial charge in [0.05, 0.1) is 39.9 Å². The predicted molar refractivity (Wildman–Crippen MR) is 157 cm³/mol. The van der Waals surface area contributed by atoms with Crippen molar-refractivity contribution in [3.63, 3.8) is 0 Å². The number of imidazole rings is 1. The number of aryl methyl sites for hydroxylation is 1. The van der Waals surface area contributed by atoms with E-state index in [2.05, 4.69) is 40.2 Å². The van der Waals surface area contributed by atoms with Gasteiger partial charge in [0.2, 0.25) is 5.91 Å². The predicted octanol–water partition coefficient (Wildman–Crippen LogP) is 4.67. The van der Waals surface area contributed by atoms with Gasteiger partial charge in [0.1, 0.15) is 5.65 Å². The molecule has 1 saturated heterocycles. The number of aromatic amines is 1. The second-order valence-corrected chi connectivity index (χ2v) is 10.6. The van der Waals surface area contributed by atoms with Gasteiger partial charge in [0, 0.05) is 57.4 Å². The summed E-state index contributed by atoms with van der Waals surface area (Å²) in [5.41, 5.74) is 7.70. The van der Waals surface area contributed by atoms with Crippen LogP contribution in [0, 0.1) is 11.3 Å². The van der Waals surface area contributed by atoms with Gasteiger partial charge in [-0.3, -0.25) is 13.9 Å². The fourth-order valence-electron chi connectivity index (χ4n) is 5.79. The Morgan fingerprint density at radius 3 is 2.25 bits per heavy atom. The first-order chi connectivity index (χ1) is 19.3. The maximum Gasteiger partial charge on any atom is 0.329 e. The van der Waals surface area contributed by atoms with E-state index in [1.165, 1.54) is 0 Å². The molecule has 1 fully saturated rings. The van der Waals surface area contributed by atoms with Crippen LogP contribution < -0.4 is 10.6 Å². The lowest BCUT2D eigenvalue weighted by Gasteiger charge is -2.35. The third-order valence-corrected chi connectivity index (χ3v) is 7.94. The van der Waals surface area contributed by atoms with Crippen molar-refractivity contribution < 1.29 is 4.79 Å². The zero-order valence-corrected chi connectivity index (χ0v) is 23.1. The first kappa shape index (κ1) is 25.4. The van der Waals surface area contributed by atoms with Gasteiger partial charge in [-0.05, 0) is 49.2 Å². The number of benzene rings is 2. The van der Waals surface area contributed by atoms with Crippen LogP contribution >= 0.6 is 0 Å². The first-order valence-corrected chi connectivity index (χ1v) is 13.5.